The Hall–Kier alpha value is -1.20. The van der Waals surface area contributed by atoms with Crippen LogP contribution in [-0.4, -0.2) is 55.9 Å². The molecule has 2 aliphatic heterocycles. The molecule has 2 aliphatic rings. The fraction of sp³-hybridized carbons (Fsp3) is 0.643. The summed E-state index contributed by atoms with van der Waals surface area (Å²) in [5.41, 5.74) is 6.26. The highest BCUT2D eigenvalue weighted by Crippen LogP contribution is 2.55. The molecule has 0 spiro atoms. The van der Waals surface area contributed by atoms with E-state index in [-0.39, 0.29) is 0 Å². The first kappa shape index (κ1) is 18.2. The predicted molar refractivity (Wildman–Crippen MR) is 95.6 cm³/mol. The first-order valence-corrected chi connectivity index (χ1v) is 10.8. The van der Waals surface area contributed by atoms with Gasteiger partial charge in [-0.1, -0.05) is 6.92 Å². The summed E-state index contributed by atoms with van der Waals surface area (Å²) in [6.45, 7) is -0.874. The van der Waals surface area contributed by atoms with E-state index in [2.05, 4.69) is 15.0 Å². The summed E-state index contributed by atoms with van der Waals surface area (Å²) in [4.78, 5) is 22.7. The van der Waals surface area contributed by atoms with E-state index in [1.807, 2.05) is 6.92 Å². The van der Waals surface area contributed by atoms with Crippen LogP contribution in [0.5, 0.6) is 0 Å². The summed E-state index contributed by atoms with van der Waals surface area (Å²) in [5.74, 6) is 0.291. The van der Waals surface area contributed by atoms with Crippen molar-refractivity contribution in [2.45, 2.75) is 43.8 Å². The summed E-state index contributed by atoms with van der Waals surface area (Å²) in [7, 11) is 1.33. The van der Waals surface area contributed by atoms with Crippen molar-refractivity contribution in [2.75, 3.05) is 19.5 Å². The van der Waals surface area contributed by atoms with Gasteiger partial charge in [-0.3, -0.25) is 9.09 Å². The van der Waals surface area contributed by atoms with Gasteiger partial charge in [0.2, 0.25) is 0 Å². The maximum atomic E-state index is 10.2. The minimum Gasteiger partial charge on any atom is -0.382 e. The summed E-state index contributed by atoms with van der Waals surface area (Å²) in [6, 6.07) is 0. The molecule has 142 valence electrons. The molecule has 4 heterocycles. The van der Waals surface area contributed by atoms with Gasteiger partial charge in [0, 0.05) is 13.5 Å². The zero-order chi connectivity index (χ0) is 18.5. The number of hydrogen-bond donors (Lipinski definition) is 2. The molecule has 3 N–H and O–H groups in total. The Labute approximate surface area is 154 Å². The minimum atomic E-state index is -3.39. The van der Waals surface area contributed by atoms with E-state index >= 15 is 0 Å². The van der Waals surface area contributed by atoms with Crippen LogP contribution in [0.15, 0.2) is 12.7 Å². The number of rotatable bonds is 5. The van der Waals surface area contributed by atoms with Crippen LogP contribution in [0.4, 0.5) is 5.82 Å². The third kappa shape index (κ3) is 2.75. The van der Waals surface area contributed by atoms with Gasteiger partial charge < -0.3 is 24.6 Å². The molecule has 5 atom stereocenters. The number of hydrogen-bond acceptors (Lipinski definition) is 9. The van der Waals surface area contributed by atoms with Crippen LogP contribution in [0.25, 0.3) is 11.2 Å². The average molecular weight is 401 g/mol. The van der Waals surface area contributed by atoms with Crippen molar-refractivity contribution in [1.29, 1.82) is 0 Å². The minimum absolute atomic E-state index is 0.291. The van der Waals surface area contributed by atoms with Crippen molar-refractivity contribution in [1.82, 2.24) is 19.5 Å². The normalized spacial score (nSPS) is 33.4. The third-order valence-corrected chi connectivity index (χ3v) is 6.69. The van der Waals surface area contributed by atoms with Gasteiger partial charge in [0.1, 0.15) is 29.7 Å². The number of ether oxygens (including phenoxy) is 2. The molecule has 4 rings (SSSR count). The van der Waals surface area contributed by atoms with Crippen molar-refractivity contribution in [3.05, 3.63) is 12.7 Å². The van der Waals surface area contributed by atoms with Gasteiger partial charge in [-0.2, -0.15) is 0 Å². The SMILES string of the molecule is CCC12CCOC(C1OP(O)(=S)OC)[C@H](n1cnc3c(N)ncnc31)O2. The largest absolute Gasteiger partial charge is 0.382 e. The standard InChI is InChI=1S/C14H20N5O5PS/c1-3-14-4-5-22-9(10(14)24-25(20,26)21-2)13(23-14)19-7-18-8-11(15)16-6-17-12(8)19/h6-7,9-10,13H,3-5H2,1-2H3,(H,20,26)(H2,15,16,17)/t9?,10?,13-,14?,25?/m1/s1. The maximum absolute atomic E-state index is 10.2. The Kier molecular flexibility index (Phi) is 4.51. The molecule has 0 radical (unpaired) electrons. The van der Waals surface area contributed by atoms with E-state index < -0.39 is 30.8 Å². The zero-order valence-electron chi connectivity index (χ0n) is 14.3. The highest BCUT2D eigenvalue weighted by molar-refractivity contribution is 8.07. The molecule has 0 aromatic carbocycles. The molecular weight excluding hydrogens is 381 g/mol. The Morgan fingerprint density at radius 2 is 2.31 bits per heavy atom. The summed E-state index contributed by atoms with van der Waals surface area (Å²) >= 11 is 5.04. The van der Waals surface area contributed by atoms with E-state index in [1.54, 1.807) is 10.9 Å². The lowest BCUT2D eigenvalue weighted by Gasteiger charge is -2.38. The second kappa shape index (κ2) is 6.45. The molecule has 0 amide bonds. The summed E-state index contributed by atoms with van der Waals surface area (Å²) in [5, 5.41) is 0. The molecule has 2 saturated heterocycles. The molecule has 0 saturated carbocycles. The number of nitrogens with zero attached hydrogens (tertiary/aromatic N) is 4. The smallest absolute Gasteiger partial charge is 0.324 e. The van der Waals surface area contributed by atoms with Gasteiger partial charge in [0.05, 0.1) is 12.9 Å². The van der Waals surface area contributed by atoms with Crippen LogP contribution in [0, 0.1) is 0 Å². The topological polar surface area (TPSA) is 127 Å². The van der Waals surface area contributed by atoms with Gasteiger partial charge >= 0.3 is 6.72 Å². The Morgan fingerprint density at radius 3 is 3.04 bits per heavy atom. The van der Waals surface area contributed by atoms with E-state index in [0.29, 0.717) is 36.4 Å². The van der Waals surface area contributed by atoms with Crippen LogP contribution >= 0.6 is 6.72 Å². The van der Waals surface area contributed by atoms with Crippen molar-refractivity contribution < 1.29 is 23.4 Å². The number of imidazole rings is 1. The van der Waals surface area contributed by atoms with Crippen LogP contribution in [-0.2, 0) is 30.3 Å². The monoisotopic (exact) mass is 401 g/mol. The summed E-state index contributed by atoms with van der Waals surface area (Å²) in [6.07, 6.45) is 2.63. The second-order valence-electron chi connectivity index (χ2n) is 6.27. The first-order valence-electron chi connectivity index (χ1n) is 8.20. The molecule has 4 unspecified atom stereocenters. The lowest BCUT2D eigenvalue weighted by Crippen LogP contribution is -2.49. The number of nitrogen functional groups attached to an aromatic ring is 1. The molecule has 12 heteroatoms. The third-order valence-electron chi connectivity index (χ3n) is 5.03. The molecule has 2 aromatic rings. The van der Waals surface area contributed by atoms with Crippen LogP contribution in [0.1, 0.15) is 26.0 Å². The molecule has 2 aromatic heterocycles. The Balaban J connectivity index is 1.76. The quantitative estimate of drug-likeness (QED) is 0.704. The fourth-order valence-electron chi connectivity index (χ4n) is 3.64. The molecular formula is C14H20N5O5PS. The van der Waals surface area contributed by atoms with Gasteiger partial charge in [0.25, 0.3) is 0 Å². The number of nitrogens with two attached hydrogens (primary N) is 1. The summed E-state index contributed by atoms with van der Waals surface area (Å²) < 4.78 is 24.8. The van der Waals surface area contributed by atoms with Crippen molar-refractivity contribution in [2.24, 2.45) is 0 Å². The number of anilines is 1. The lowest BCUT2D eigenvalue weighted by molar-refractivity contribution is -0.116. The van der Waals surface area contributed by atoms with Crippen molar-refractivity contribution in [3.8, 4) is 0 Å². The van der Waals surface area contributed by atoms with E-state index in [1.165, 1.54) is 13.4 Å². The van der Waals surface area contributed by atoms with Gasteiger partial charge in [-0.05, 0) is 18.2 Å². The average Bonchev–Trinajstić information content (AvgIpc) is 3.11. The lowest BCUT2D eigenvalue weighted by atomic mass is 9.87. The zero-order valence-corrected chi connectivity index (χ0v) is 16.0. The van der Waals surface area contributed by atoms with Crippen LogP contribution < -0.4 is 5.73 Å². The molecule has 26 heavy (non-hydrogen) atoms. The van der Waals surface area contributed by atoms with Crippen LogP contribution in [0.2, 0.25) is 0 Å². The van der Waals surface area contributed by atoms with Crippen molar-refractivity contribution in [3.63, 3.8) is 0 Å². The molecule has 10 nitrogen and oxygen atoms in total. The molecule has 0 aliphatic carbocycles. The Bertz CT molecular complexity index is 881. The number of fused-ring (bicyclic) bond motifs is 3. The fourth-order valence-corrected chi connectivity index (χ4v) is 4.60. The van der Waals surface area contributed by atoms with Gasteiger partial charge in [0.15, 0.2) is 17.7 Å². The highest BCUT2D eigenvalue weighted by Gasteiger charge is 2.60. The first-order chi connectivity index (χ1) is 12.4. The van der Waals surface area contributed by atoms with Gasteiger partial charge in [-0.15, -0.1) is 0 Å². The highest BCUT2D eigenvalue weighted by atomic mass is 32.5. The number of aromatic nitrogens is 4. The van der Waals surface area contributed by atoms with E-state index in [0.717, 1.165) is 0 Å². The van der Waals surface area contributed by atoms with E-state index in [4.69, 9.17) is 36.1 Å². The van der Waals surface area contributed by atoms with Gasteiger partial charge in [-0.25, -0.2) is 15.0 Å². The Morgan fingerprint density at radius 1 is 1.50 bits per heavy atom. The molecule has 2 fully saturated rings. The van der Waals surface area contributed by atoms with Crippen molar-refractivity contribution >= 4 is 35.5 Å². The second-order valence-corrected chi connectivity index (χ2v) is 9.17. The maximum Gasteiger partial charge on any atom is 0.324 e. The van der Waals surface area contributed by atoms with E-state index in [9.17, 15) is 4.89 Å². The van der Waals surface area contributed by atoms with Crippen LogP contribution in [0.3, 0.4) is 0 Å². The predicted octanol–water partition coefficient (Wildman–Crippen LogP) is 1.12. The molecule has 2 bridgehead atoms.